The minimum absolute atomic E-state index is 0.0481. The smallest absolute Gasteiger partial charge is 0.251 e. The van der Waals surface area contributed by atoms with E-state index in [0.717, 1.165) is 32.3 Å². The van der Waals surface area contributed by atoms with Gasteiger partial charge in [0.2, 0.25) is 5.91 Å². The monoisotopic (exact) mass is 288 g/mol. The molecule has 5 heteroatoms. The van der Waals surface area contributed by atoms with Crippen molar-refractivity contribution in [1.29, 1.82) is 0 Å². The van der Waals surface area contributed by atoms with Gasteiger partial charge in [-0.15, -0.1) is 0 Å². The van der Waals surface area contributed by atoms with Gasteiger partial charge in [0.25, 0.3) is 5.91 Å². The van der Waals surface area contributed by atoms with Gasteiger partial charge in [-0.25, -0.2) is 0 Å². The molecule has 0 bridgehead atoms. The lowest BCUT2D eigenvalue weighted by molar-refractivity contribution is -0.117. The number of nitrogens with one attached hydrogen (secondary N) is 2. The summed E-state index contributed by atoms with van der Waals surface area (Å²) in [5.41, 5.74) is 1.23. The van der Waals surface area contributed by atoms with Gasteiger partial charge in [0.05, 0.1) is 6.10 Å². The first-order chi connectivity index (χ1) is 10.2. The van der Waals surface area contributed by atoms with Gasteiger partial charge in [0.1, 0.15) is 0 Å². The van der Waals surface area contributed by atoms with Crippen molar-refractivity contribution in [3.63, 3.8) is 0 Å². The Morgan fingerprint density at radius 1 is 1.24 bits per heavy atom. The van der Waals surface area contributed by atoms with E-state index in [1.165, 1.54) is 0 Å². The Kier molecular flexibility index (Phi) is 4.20. The molecule has 2 fully saturated rings. The summed E-state index contributed by atoms with van der Waals surface area (Å²) in [6.45, 7) is 1.32. The van der Waals surface area contributed by atoms with Crippen LogP contribution in [0.1, 0.15) is 36.0 Å². The molecule has 0 radical (unpaired) electrons. The molecule has 0 spiro atoms. The quantitative estimate of drug-likeness (QED) is 0.870. The average Bonchev–Trinajstić information content (AvgIpc) is 3.22. The summed E-state index contributed by atoms with van der Waals surface area (Å²) < 4.78 is 5.48. The molecule has 3 rings (SSSR count). The maximum absolute atomic E-state index is 12.1. The highest BCUT2D eigenvalue weighted by atomic mass is 16.5. The SMILES string of the molecule is O=C(NC[C@H]1CCCO1)c1cccc(NC(=O)C2CC2)c1. The first kappa shape index (κ1) is 14.1. The molecule has 1 aliphatic carbocycles. The zero-order valence-corrected chi connectivity index (χ0v) is 11.9. The van der Waals surface area contributed by atoms with Crippen LogP contribution in [-0.2, 0) is 9.53 Å². The lowest BCUT2D eigenvalue weighted by atomic mass is 10.1. The van der Waals surface area contributed by atoms with Crippen molar-refractivity contribution in [1.82, 2.24) is 5.32 Å². The fourth-order valence-electron chi connectivity index (χ4n) is 2.44. The van der Waals surface area contributed by atoms with E-state index in [0.29, 0.717) is 17.8 Å². The molecule has 2 N–H and O–H groups in total. The lowest BCUT2D eigenvalue weighted by Crippen LogP contribution is -2.31. The van der Waals surface area contributed by atoms with E-state index in [1.807, 2.05) is 0 Å². The van der Waals surface area contributed by atoms with Gasteiger partial charge in [0.15, 0.2) is 0 Å². The highest BCUT2D eigenvalue weighted by molar-refractivity contribution is 5.98. The second kappa shape index (κ2) is 6.26. The van der Waals surface area contributed by atoms with Crippen molar-refractivity contribution >= 4 is 17.5 Å². The number of benzene rings is 1. The third-order valence-electron chi connectivity index (χ3n) is 3.85. The van der Waals surface area contributed by atoms with Gasteiger partial charge < -0.3 is 15.4 Å². The van der Waals surface area contributed by atoms with Crippen LogP contribution in [0.25, 0.3) is 0 Å². The molecule has 1 heterocycles. The van der Waals surface area contributed by atoms with Gasteiger partial charge in [-0.2, -0.15) is 0 Å². The van der Waals surface area contributed by atoms with Crippen LogP contribution >= 0.6 is 0 Å². The minimum Gasteiger partial charge on any atom is -0.376 e. The number of rotatable bonds is 5. The molecule has 1 saturated carbocycles. The molecule has 1 saturated heterocycles. The average molecular weight is 288 g/mol. The molecular formula is C16H20N2O3. The molecule has 0 aromatic heterocycles. The molecule has 2 amide bonds. The maximum atomic E-state index is 12.1. The van der Waals surface area contributed by atoms with E-state index in [9.17, 15) is 9.59 Å². The van der Waals surface area contributed by atoms with Crippen LogP contribution in [0.2, 0.25) is 0 Å². The van der Waals surface area contributed by atoms with E-state index in [1.54, 1.807) is 24.3 Å². The molecule has 0 unspecified atom stereocenters. The third-order valence-corrected chi connectivity index (χ3v) is 3.85. The van der Waals surface area contributed by atoms with Gasteiger partial charge in [-0.05, 0) is 43.9 Å². The largest absolute Gasteiger partial charge is 0.376 e. The molecular weight excluding hydrogens is 268 g/mol. The number of amides is 2. The Hall–Kier alpha value is -1.88. The van der Waals surface area contributed by atoms with E-state index in [-0.39, 0.29) is 23.8 Å². The Morgan fingerprint density at radius 3 is 2.81 bits per heavy atom. The Balaban J connectivity index is 1.56. The first-order valence-electron chi connectivity index (χ1n) is 7.53. The van der Waals surface area contributed by atoms with Gasteiger partial charge in [0, 0.05) is 30.3 Å². The molecule has 1 aliphatic heterocycles. The van der Waals surface area contributed by atoms with Crippen LogP contribution in [0.5, 0.6) is 0 Å². The van der Waals surface area contributed by atoms with Crippen molar-refractivity contribution in [3.05, 3.63) is 29.8 Å². The zero-order chi connectivity index (χ0) is 14.7. The fourth-order valence-corrected chi connectivity index (χ4v) is 2.44. The highest BCUT2D eigenvalue weighted by Gasteiger charge is 2.29. The van der Waals surface area contributed by atoms with E-state index >= 15 is 0 Å². The molecule has 5 nitrogen and oxygen atoms in total. The number of carbonyl (C=O) groups excluding carboxylic acids is 2. The van der Waals surface area contributed by atoms with Crippen molar-refractivity contribution in [3.8, 4) is 0 Å². The van der Waals surface area contributed by atoms with E-state index < -0.39 is 0 Å². The summed E-state index contributed by atoms with van der Waals surface area (Å²) >= 11 is 0. The van der Waals surface area contributed by atoms with Crippen LogP contribution in [0.3, 0.4) is 0 Å². The summed E-state index contributed by atoms with van der Waals surface area (Å²) in [6.07, 6.45) is 4.12. The van der Waals surface area contributed by atoms with Crippen molar-refractivity contribution in [2.45, 2.75) is 31.8 Å². The summed E-state index contributed by atoms with van der Waals surface area (Å²) in [4.78, 5) is 23.8. The third kappa shape index (κ3) is 3.82. The van der Waals surface area contributed by atoms with Gasteiger partial charge in [-0.3, -0.25) is 9.59 Å². The van der Waals surface area contributed by atoms with Gasteiger partial charge in [-0.1, -0.05) is 6.07 Å². The molecule has 112 valence electrons. The van der Waals surface area contributed by atoms with Crippen molar-refractivity contribution < 1.29 is 14.3 Å². The van der Waals surface area contributed by atoms with E-state index in [4.69, 9.17) is 4.74 Å². The Labute approximate surface area is 124 Å². The number of ether oxygens (including phenoxy) is 1. The van der Waals surface area contributed by atoms with Crippen LogP contribution in [0.15, 0.2) is 24.3 Å². The summed E-state index contributed by atoms with van der Waals surface area (Å²) in [5, 5.41) is 5.73. The predicted octanol–water partition coefficient (Wildman–Crippen LogP) is 1.94. The molecule has 21 heavy (non-hydrogen) atoms. The first-order valence-corrected chi connectivity index (χ1v) is 7.53. The maximum Gasteiger partial charge on any atom is 0.251 e. The number of hydrogen-bond acceptors (Lipinski definition) is 3. The summed E-state index contributed by atoms with van der Waals surface area (Å²) in [6, 6.07) is 7.05. The second-order valence-corrected chi connectivity index (χ2v) is 5.69. The van der Waals surface area contributed by atoms with Crippen LogP contribution in [-0.4, -0.2) is 31.1 Å². The summed E-state index contributed by atoms with van der Waals surface area (Å²) in [7, 11) is 0. The number of anilines is 1. The van der Waals surface area contributed by atoms with Gasteiger partial charge >= 0.3 is 0 Å². The van der Waals surface area contributed by atoms with Crippen molar-refractivity contribution in [2.24, 2.45) is 5.92 Å². The topological polar surface area (TPSA) is 67.4 Å². The minimum atomic E-state index is -0.131. The van der Waals surface area contributed by atoms with Crippen LogP contribution in [0.4, 0.5) is 5.69 Å². The molecule has 1 aromatic rings. The van der Waals surface area contributed by atoms with Crippen LogP contribution in [0, 0.1) is 5.92 Å². The molecule has 1 aromatic carbocycles. The summed E-state index contributed by atoms with van der Waals surface area (Å²) in [5.74, 6) is 0.0712. The second-order valence-electron chi connectivity index (χ2n) is 5.69. The number of hydrogen-bond donors (Lipinski definition) is 2. The number of carbonyl (C=O) groups is 2. The highest BCUT2D eigenvalue weighted by Crippen LogP contribution is 2.30. The Morgan fingerprint density at radius 2 is 2.10 bits per heavy atom. The van der Waals surface area contributed by atoms with Crippen LogP contribution < -0.4 is 10.6 Å². The lowest BCUT2D eigenvalue weighted by Gasteiger charge is -2.11. The predicted molar refractivity (Wildman–Crippen MR) is 79.1 cm³/mol. The zero-order valence-electron chi connectivity index (χ0n) is 11.9. The van der Waals surface area contributed by atoms with E-state index in [2.05, 4.69) is 10.6 Å². The van der Waals surface area contributed by atoms with Crippen molar-refractivity contribution in [2.75, 3.05) is 18.5 Å². The standard InChI is InChI=1S/C16H20N2O3/c19-15(17-10-14-5-2-8-21-14)12-3-1-4-13(9-12)18-16(20)11-6-7-11/h1,3-4,9,11,14H,2,5-8,10H2,(H,17,19)(H,18,20)/t14-/m1/s1. The molecule has 2 aliphatic rings. The molecule has 1 atom stereocenters. The normalized spacial score (nSPS) is 21.0. The fraction of sp³-hybridized carbons (Fsp3) is 0.500. The Bertz CT molecular complexity index is 534.